The SMILES string of the molecule is O=S(=O)(N=C(Cl)N1CC(c2ccccc2)C(c2ccc(Cl)cc2)=N1)c1ccc(Cl)cc1. The standard InChI is InChI=1S/C22H16Cl3N3O2S/c23-17-8-6-16(7-9-17)21-20(15-4-2-1-3-5-15)14-28(26-21)22(25)27-31(29,30)19-12-10-18(24)11-13-19/h1-13,20H,14H2. The van der Waals surface area contributed by atoms with E-state index in [1.807, 2.05) is 42.5 Å². The maximum atomic E-state index is 12.6. The van der Waals surface area contributed by atoms with E-state index in [0.717, 1.165) is 16.8 Å². The van der Waals surface area contributed by atoms with Gasteiger partial charge in [0.25, 0.3) is 10.0 Å². The van der Waals surface area contributed by atoms with Gasteiger partial charge in [0.1, 0.15) is 0 Å². The number of amidine groups is 1. The van der Waals surface area contributed by atoms with Gasteiger partial charge in [0.15, 0.2) is 0 Å². The van der Waals surface area contributed by atoms with Crippen molar-refractivity contribution in [1.82, 2.24) is 5.01 Å². The molecule has 158 valence electrons. The molecule has 31 heavy (non-hydrogen) atoms. The van der Waals surface area contributed by atoms with Gasteiger partial charge in [-0.15, -0.1) is 4.40 Å². The Hall–Kier alpha value is -2.38. The lowest BCUT2D eigenvalue weighted by molar-refractivity contribution is 0.483. The summed E-state index contributed by atoms with van der Waals surface area (Å²) in [6, 6.07) is 22.8. The molecular formula is C22H16Cl3N3O2S. The highest BCUT2D eigenvalue weighted by Crippen LogP contribution is 2.30. The van der Waals surface area contributed by atoms with Gasteiger partial charge in [-0.2, -0.15) is 13.5 Å². The second kappa shape index (κ2) is 9.01. The Morgan fingerprint density at radius 2 is 1.48 bits per heavy atom. The van der Waals surface area contributed by atoms with Crippen LogP contribution in [0.25, 0.3) is 0 Å². The summed E-state index contributed by atoms with van der Waals surface area (Å²) in [5.74, 6) is -0.121. The van der Waals surface area contributed by atoms with Crippen LogP contribution in [0.1, 0.15) is 17.0 Å². The monoisotopic (exact) mass is 491 g/mol. The molecule has 4 rings (SSSR count). The lowest BCUT2D eigenvalue weighted by Gasteiger charge is -2.15. The van der Waals surface area contributed by atoms with Crippen LogP contribution in [0.15, 0.2) is 93.3 Å². The minimum Gasteiger partial charge on any atom is -0.236 e. The van der Waals surface area contributed by atoms with Crippen LogP contribution in [0, 0.1) is 0 Å². The van der Waals surface area contributed by atoms with Crippen LogP contribution in [-0.4, -0.2) is 31.0 Å². The molecule has 0 aliphatic carbocycles. The molecule has 3 aromatic rings. The van der Waals surface area contributed by atoms with Crippen LogP contribution in [-0.2, 0) is 10.0 Å². The fraction of sp³-hybridized carbons (Fsp3) is 0.0909. The van der Waals surface area contributed by atoms with Gasteiger partial charge >= 0.3 is 0 Å². The predicted molar refractivity (Wildman–Crippen MR) is 126 cm³/mol. The van der Waals surface area contributed by atoms with Crippen molar-refractivity contribution in [3.63, 3.8) is 0 Å². The Labute approximate surface area is 195 Å². The first kappa shape index (κ1) is 21.8. The first-order valence-electron chi connectivity index (χ1n) is 9.26. The van der Waals surface area contributed by atoms with Crippen molar-refractivity contribution in [3.8, 4) is 0 Å². The first-order chi connectivity index (χ1) is 14.8. The number of hydrogen-bond acceptors (Lipinski definition) is 3. The highest BCUT2D eigenvalue weighted by Gasteiger charge is 2.31. The van der Waals surface area contributed by atoms with E-state index in [2.05, 4.69) is 9.50 Å². The van der Waals surface area contributed by atoms with Gasteiger partial charge in [0.05, 0.1) is 17.2 Å². The Bertz CT molecular complexity index is 1240. The van der Waals surface area contributed by atoms with Gasteiger partial charge in [-0.05, 0) is 59.1 Å². The molecule has 0 saturated carbocycles. The van der Waals surface area contributed by atoms with E-state index in [-0.39, 0.29) is 16.1 Å². The van der Waals surface area contributed by atoms with E-state index in [4.69, 9.17) is 34.8 Å². The third-order valence-electron chi connectivity index (χ3n) is 4.78. The predicted octanol–water partition coefficient (Wildman–Crippen LogP) is 5.78. The van der Waals surface area contributed by atoms with Gasteiger partial charge in [-0.25, -0.2) is 5.01 Å². The molecular weight excluding hydrogens is 477 g/mol. The van der Waals surface area contributed by atoms with Crippen molar-refractivity contribution in [2.75, 3.05) is 6.54 Å². The van der Waals surface area contributed by atoms with Crippen LogP contribution in [0.2, 0.25) is 10.0 Å². The molecule has 0 N–H and O–H groups in total. The summed E-state index contributed by atoms with van der Waals surface area (Å²) in [4.78, 5) is -0.00393. The van der Waals surface area contributed by atoms with Crippen molar-refractivity contribution in [2.24, 2.45) is 9.50 Å². The quantitative estimate of drug-likeness (QED) is 0.263. The molecule has 0 radical (unpaired) electrons. The maximum absolute atomic E-state index is 12.6. The molecule has 0 fully saturated rings. The number of benzene rings is 3. The molecule has 9 heteroatoms. The minimum atomic E-state index is -4.01. The molecule has 0 saturated heterocycles. The Kier molecular flexibility index (Phi) is 6.34. The third-order valence-corrected chi connectivity index (χ3v) is 6.94. The van der Waals surface area contributed by atoms with Crippen LogP contribution in [0.4, 0.5) is 0 Å². The Morgan fingerprint density at radius 1 is 0.903 bits per heavy atom. The summed E-state index contributed by atoms with van der Waals surface area (Å²) in [6.07, 6.45) is 0. The topological polar surface area (TPSA) is 62.1 Å². The van der Waals surface area contributed by atoms with E-state index in [9.17, 15) is 8.42 Å². The Balaban J connectivity index is 1.70. The molecule has 0 amide bonds. The van der Waals surface area contributed by atoms with E-state index >= 15 is 0 Å². The highest BCUT2D eigenvalue weighted by molar-refractivity contribution is 7.90. The van der Waals surface area contributed by atoms with Crippen molar-refractivity contribution in [1.29, 1.82) is 0 Å². The molecule has 3 aromatic carbocycles. The van der Waals surface area contributed by atoms with E-state index in [1.165, 1.54) is 29.3 Å². The summed E-state index contributed by atoms with van der Waals surface area (Å²) < 4.78 is 29.1. The lowest BCUT2D eigenvalue weighted by atomic mass is 9.91. The molecule has 1 aliphatic rings. The van der Waals surface area contributed by atoms with Crippen LogP contribution in [0.5, 0.6) is 0 Å². The molecule has 0 spiro atoms. The number of rotatable bonds is 4. The number of nitrogens with zero attached hydrogens (tertiary/aromatic N) is 3. The number of halogens is 3. The average Bonchev–Trinajstić information content (AvgIpc) is 3.21. The zero-order chi connectivity index (χ0) is 22.0. The van der Waals surface area contributed by atoms with Crippen molar-refractivity contribution in [3.05, 3.63) is 100 Å². The summed E-state index contributed by atoms with van der Waals surface area (Å²) in [5.41, 5.74) is 2.65. The second-order valence-corrected chi connectivity index (χ2v) is 9.64. The largest absolute Gasteiger partial charge is 0.285 e. The summed E-state index contributed by atoms with van der Waals surface area (Å²) in [6.45, 7) is 0.348. The zero-order valence-electron chi connectivity index (χ0n) is 16.0. The highest BCUT2D eigenvalue weighted by atomic mass is 35.5. The molecule has 5 nitrogen and oxygen atoms in total. The summed E-state index contributed by atoms with van der Waals surface area (Å²) in [7, 11) is -4.01. The molecule has 1 aliphatic heterocycles. The molecule has 1 heterocycles. The van der Waals surface area contributed by atoms with E-state index in [1.54, 1.807) is 12.1 Å². The Morgan fingerprint density at radius 3 is 2.10 bits per heavy atom. The van der Waals surface area contributed by atoms with E-state index in [0.29, 0.717) is 16.6 Å². The maximum Gasteiger partial charge on any atom is 0.285 e. The van der Waals surface area contributed by atoms with E-state index < -0.39 is 10.0 Å². The zero-order valence-corrected chi connectivity index (χ0v) is 19.1. The average molecular weight is 493 g/mol. The fourth-order valence-electron chi connectivity index (χ4n) is 3.25. The first-order valence-corrected chi connectivity index (χ1v) is 11.8. The second-order valence-electron chi connectivity index (χ2n) is 6.83. The summed E-state index contributed by atoms with van der Waals surface area (Å²) >= 11 is 18.2. The fourth-order valence-corrected chi connectivity index (χ4v) is 4.76. The molecule has 0 aromatic heterocycles. The van der Waals surface area contributed by atoms with Crippen molar-refractivity contribution >= 4 is 55.8 Å². The van der Waals surface area contributed by atoms with Gasteiger partial charge in [-0.1, -0.05) is 65.7 Å². The smallest absolute Gasteiger partial charge is 0.236 e. The van der Waals surface area contributed by atoms with Crippen LogP contribution in [0.3, 0.4) is 0 Å². The third kappa shape index (κ3) is 4.93. The van der Waals surface area contributed by atoms with Crippen molar-refractivity contribution < 1.29 is 8.42 Å². The molecule has 0 bridgehead atoms. The molecule has 1 unspecified atom stereocenters. The summed E-state index contributed by atoms with van der Waals surface area (Å²) in [5, 5.41) is 6.80. The van der Waals surface area contributed by atoms with Gasteiger partial charge in [0, 0.05) is 16.0 Å². The minimum absolute atomic E-state index is 0.00393. The number of hydrogen-bond donors (Lipinski definition) is 0. The van der Waals surface area contributed by atoms with Gasteiger partial charge in [0.2, 0.25) is 5.29 Å². The normalized spacial score (nSPS) is 17.0. The number of hydrazone groups is 1. The lowest BCUT2D eigenvalue weighted by Crippen LogP contribution is -2.23. The van der Waals surface area contributed by atoms with Crippen LogP contribution >= 0.6 is 34.8 Å². The van der Waals surface area contributed by atoms with Crippen LogP contribution < -0.4 is 0 Å². The van der Waals surface area contributed by atoms with Gasteiger partial charge in [-0.3, -0.25) is 0 Å². The number of sulfonamides is 1. The van der Waals surface area contributed by atoms with Gasteiger partial charge < -0.3 is 0 Å². The molecule has 1 atom stereocenters. The van der Waals surface area contributed by atoms with Crippen molar-refractivity contribution in [2.45, 2.75) is 10.8 Å².